The van der Waals surface area contributed by atoms with Gasteiger partial charge in [0.05, 0.1) is 24.0 Å². The lowest BCUT2D eigenvalue weighted by Gasteiger charge is -2.37. The summed E-state index contributed by atoms with van der Waals surface area (Å²) >= 11 is 0. The molecule has 23 heavy (non-hydrogen) atoms. The van der Waals surface area contributed by atoms with Crippen molar-refractivity contribution < 1.29 is 14.5 Å². The monoisotopic (exact) mass is 347 g/mol. The van der Waals surface area contributed by atoms with Gasteiger partial charge in [-0.05, 0) is 30.9 Å². The zero-order valence-corrected chi connectivity index (χ0v) is 13.8. The van der Waals surface area contributed by atoms with Crippen LogP contribution in [0, 0.1) is 15.5 Å². The number of nitrogens with zero attached hydrogens (tertiary/aromatic N) is 3. The number of piperidine rings is 1. The summed E-state index contributed by atoms with van der Waals surface area (Å²) in [4.78, 5) is 22.0. The number of hydrogen-bond acceptors (Lipinski definition) is 6. The molecule has 9 nitrogen and oxygen atoms in total. The number of nitrogens with one attached hydrogen (secondary N) is 2. The molecule has 130 valence electrons. The molecule has 10 heteroatoms. The van der Waals surface area contributed by atoms with Gasteiger partial charge in [0, 0.05) is 19.1 Å². The fourth-order valence-electron chi connectivity index (χ4n) is 2.66. The summed E-state index contributed by atoms with van der Waals surface area (Å²) in [5.74, 6) is -0.478. The number of methoxy groups -OCH3 is 1. The summed E-state index contributed by atoms with van der Waals surface area (Å²) in [6.45, 7) is 2.91. The number of carbonyl (C=O) groups is 1. The van der Waals surface area contributed by atoms with Crippen LogP contribution >= 0.6 is 12.4 Å². The van der Waals surface area contributed by atoms with Crippen LogP contribution in [-0.2, 0) is 16.1 Å². The molecule has 2 rings (SSSR count). The number of amides is 1. The van der Waals surface area contributed by atoms with Gasteiger partial charge in [-0.15, -0.1) is 12.4 Å². The van der Waals surface area contributed by atoms with Crippen LogP contribution in [0.1, 0.15) is 12.8 Å². The molecular formula is C13H22ClN5O4. The predicted molar refractivity (Wildman–Crippen MR) is 85.6 cm³/mol. The third-order valence-electron chi connectivity index (χ3n) is 3.89. The lowest BCUT2D eigenvalue weighted by atomic mass is 9.79. The quantitative estimate of drug-likeness (QED) is 0.543. The Bertz CT molecular complexity index is 525. The van der Waals surface area contributed by atoms with Gasteiger partial charge in [0.2, 0.25) is 5.91 Å². The lowest BCUT2D eigenvalue weighted by Crippen LogP contribution is -2.47. The Morgan fingerprint density at radius 3 is 2.83 bits per heavy atom. The van der Waals surface area contributed by atoms with Crippen molar-refractivity contribution in [1.29, 1.82) is 0 Å². The smallest absolute Gasteiger partial charge is 0.384 e. The maximum absolute atomic E-state index is 12.0. The van der Waals surface area contributed by atoms with Gasteiger partial charge in [-0.1, -0.05) is 0 Å². The number of carbonyl (C=O) groups excluding carboxylic acids is 1. The number of ether oxygens (including phenoxy) is 1. The third-order valence-corrected chi connectivity index (χ3v) is 3.89. The van der Waals surface area contributed by atoms with Gasteiger partial charge >= 0.3 is 5.82 Å². The van der Waals surface area contributed by atoms with Crippen LogP contribution in [0.3, 0.4) is 0 Å². The second-order valence-electron chi connectivity index (χ2n) is 5.59. The van der Waals surface area contributed by atoms with Crippen LogP contribution < -0.4 is 10.6 Å². The third kappa shape index (κ3) is 5.45. The van der Waals surface area contributed by atoms with E-state index in [0.717, 1.165) is 25.9 Å². The Labute approximate surface area is 140 Å². The number of rotatable bonds is 7. The van der Waals surface area contributed by atoms with E-state index in [9.17, 15) is 14.9 Å². The number of halogens is 1. The first-order chi connectivity index (χ1) is 10.5. The maximum Gasteiger partial charge on any atom is 0.389 e. The second-order valence-corrected chi connectivity index (χ2v) is 5.59. The molecule has 2 N–H and O–H groups in total. The van der Waals surface area contributed by atoms with Crippen molar-refractivity contribution in [3.8, 4) is 0 Å². The van der Waals surface area contributed by atoms with Crippen LogP contribution in [0.25, 0.3) is 0 Å². The van der Waals surface area contributed by atoms with E-state index in [1.165, 1.54) is 16.9 Å². The fourth-order valence-corrected chi connectivity index (χ4v) is 2.66. The summed E-state index contributed by atoms with van der Waals surface area (Å²) in [6.07, 6.45) is 3.30. The van der Waals surface area contributed by atoms with Crippen molar-refractivity contribution in [2.24, 2.45) is 5.41 Å². The van der Waals surface area contributed by atoms with Crippen LogP contribution in [0.2, 0.25) is 0 Å². The van der Waals surface area contributed by atoms with Gasteiger partial charge in [0.15, 0.2) is 0 Å². The van der Waals surface area contributed by atoms with Crippen molar-refractivity contribution in [3.05, 3.63) is 22.4 Å². The van der Waals surface area contributed by atoms with E-state index in [1.54, 1.807) is 7.11 Å². The summed E-state index contributed by atoms with van der Waals surface area (Å²) in [6, 6.07) is 1.27. The van der Waals surface area contributed by atoms with Crippen molar-refractivity contribution in [2.75, 3.05) is 33.4 Å². The first kappa shape index (κ1) is 19.3. The minimum atomic E-state index is -0.586. The average molecular weight is 348 g/mol. The molecular weight excluding hydrogens is 326 g/mol. The maximum atomic E-state index is 12.0. The molecule has 0 aromatic carbocycles. The lowest BCUT2D eigenvalue weighted by molar-refractivity contribution is -0.389. The van der Waals surface area contributed by atoms with E-state index in [4.69, 9.17) is 4.74 Å². The van der Waals surface area contributed by atoms with Gasteiger partial charge in [0.1, 0.15) is 6.54 Å². The number of nitro groups is 1. The predicted octanol–water partition coefficient (Wildman–Crippen LogP) is 0.345. The van der Waals surface area contributed by atoms with Gasteiger partial charge in [-0.2, -0.15) is 4.68 Å². The highest BCUT2D eigenvalue weighted by molar-refractivity contribution is 5.85. The molecule has 0 unspecified atom stereocenters. The first-order valence-electron chi connectivity index (χ1n) is 7.19. The molecule has 1 aromatic heterocycles. The summed E-state index contributed by atoms with van der Waals surface area (Å²) in [5.41, 5.74) is -0.0498. The molecule has 0 aliphatic carbocycles. The zero-order valence-electron chi connectivity index (χ0n) is 13.0. The summed E-state index contributed by atoms with van der Waals surface area (Å²) in [7, 11) is 1.66. The van der Waals surface area contributed by atoms with E-state index in [-0.39, 0.29) is 36.1 Å². The SMILES string of the molecule is COCC1(CNC(=O)Cn2ccc([N+](=O)[O-])n2)CCNCC1.Cl. The molecule has 1 fully saturated rings. The summed E-state index contributed by atoms with van der Waals surface area (Å²) < 4.78 is 6.56. The normalized spacial score (nSPS) is 16.4. The highest BCUT2D eigenvalue weighted by Crippen LogP contribution is 2.28. The fraction of sp³-hybridized carbons (Fsp3) is 0.692. The van der Waals surface area contributed by atoms with E-state index < -0.39 is 4.92 Å². The van der Waals surface area contributed by atoms with E-state index >= 15 is 0 Å². The molecule has 1 aliphatic rings. The van der Waals surface area contributed by atoms with E-state index in [2.05, 4.69) is 15.7 Å². The Balaban J connectivity index is 0.00000264. The Kier molecular flexibility index (Phi) is 7.40. The largest absolute Gasteiger partial charge is 0.389 e. The molecule has 0 saturated carbocycles. The average Bonchev–Trinajstić information content (AvgIpc) is 2.95. The molecule has 0 spiro atoms. The minimum Gasteiger partial charge on any atom is -0.384 e. The molecule has 1 amide bonds. The standard InChI is InChI=1S/C13H21N5O4.ClH/c1-22-10-13(3-5-14-6-4-13)9-15-12(19)8-17-7-2-11(16-17)18(20)21;/h2,7,14H,3-6,8-10H2,1H3,(H,15,19);1H. The van der Waals surface area contributed by atoms with Crippen LogP contribution in [-0.4, -0.2) is 54.0 Å². The Morgan fingerprint density at radius 2 is 2.26 bits per heavy atom. The Morgan fingerprint density at radius 1 is 1.57 bits per heavy atom. The van der Waals surface area contributed by atoms with Gasteiger partial charge < -0.3 is 25.5 Å². The van der Waals surface area contributed by atoms with Crippen LogP contribution in [0.15, 0.2) is 12.3 Å². The first-order valence-corrected chi connectivity index (χ1v) is 7.19. The van der Waals surface area contributed by atoms with Crippen molar-refractivity contribution in [2.45, 2.75) is 19.4 Å². The molecule has 0 atom stereocenters. The molecule has 1 aliphatic heterocycles. The molecule has 1 aromatic rings. The van der Waals surface area contributed by atoms with Crippen molar-refractivity contribution >= 4 is 24.1 Å². The van der Waals surface area contributed by atoms with Crippen molar-refractivity contribution in [3.63, 3.8) is 0 Å². The highest BCUT2D eigenvalue weighted by Gasteiger charge is 2.32. The van der Waals surface area contributed by atoms with E-state index in [1.807, 2.05) is 0 Å². The zero-order chi connectivity index (χ0) is 16.0. The molecule has 0 radical (unpaired) electrons. The molecule has 0 bridgehead atoms. The Hall–Kier alpha value is -1.71. The van der Waals surface area contributed by atoms with Crippen molar-refractivity contribution in [1.82, 2.24) is 20.4 Å². The van der Waals surface area contributed by atoms with Crippen LogP contribution in [0.5, 0.6) is 0 Å². The van der Waals surface area contributed by atoms with Gasteiger partial charge in [-0.25, -0.2) is 0 Å². The summed E-state index contributed by atoms with van der Waals surface area (Å²) in [5, 5.41) is 20.5. The minimum absolute atomic E-state index is 0. The van der Waals surface area contributed by atoms with Gasteiger partial charge in [-0.3, -0.25) is 4.79 Å². The number of aromatic nitrogens is 2. The molecule has 2 heterocycles. The topological polar surface area (TPSA) is 111 Å². The van der Waals surface area contributed by atoms with Crippen LogP contribution in [0.4, 0.5) is 5.82 Å². The molecule has 1 saturated heterocycles. The highest BCUT2D eigenvalue weighted by atomic mass is 35.5. The number of hydrogen-bond donors (Lipinski definition) is 2. The van der Waals surface area contributed by atoms with Gasteiger partial charge in [0.25, 0.3) is 0 Å². The second kappa shape index (κ2) is 8.80. The van der Waals surface area contributed by atoms with E-state index in [0.29, 0.717) is 13.2 Å².